The Bertz CT molecular complexity index is 599. The van der Waals surface area contributed by atoms with Crippen LogP contribution >= 0.6 is 31.9 Å². The van der Waals surface area contributed by atoms with Gasteiger partial charge in [-0.3, -0.25) is 0 Å². The van der Waals surface area contributed by atoms with Gasteiger partial charge in [0.05, 0.1) is 12.3 Å². The van der Waals surface area contributed by atoms with Crippen molar-refractivity contribution in [3.8, 4) is 5.75 Å². The van der Waals surface area contributed by atoms with E-state index in [1.807, 2.05) is 18.2 Å². The highest BCUT2D eigenvalue weighted by Crippen LogP contribution is 2.28. The van der Waals surface area contributed by atoms with Crippen LogP contribution in [-0.2, 0) is 6.54 Å². The number of hydrogen-bond acceptors (Lipinski definition) is 2. The number of nitrogens with one attached hydrogen (secondary N) is 1. The van der Waals surface area contributed by atoms with Gasteiger partial charge in [0.2, 0.25) is 0 Å². The molecule has 2 rings (SSSR count). The molecule has 0 aliphatic carbocycles. The SMILES string of the molecule is CCCOc1ccc(Br)cc1CNc1c(F)cccc1Br. The van der Waals surface area contributed by atoms with E-state index in [1.165, 1.54) is 6.07 Å². The van der Waals surface area contributed by atoms with E-state index < -0.39 is 0 Å². The van der Waals surface area contributed by atoms with Gasteiger partial charge >= 0.3 is 0 Å². The maximum Gasteiger partial charge on any atom is 0.147 e. The minimum absolute atomic E-state index is 0.282. The van der Waals surface area contributed by atoms with Crippen molar-refractivity contribution in [2.45, 2.75) is 19.9 Å². The molecular formula is C16H16Br2FNO. The topological polar surface area (TPSA) is 21.3 Å². The monoisotopic (exact) mass is 415 g/mol. The molecule has 2 aromatic rings. The minimum Gasteiger partial charge on any atom is -0.493 e. The summed E-state index contributed by atoms with van der Waals surface area (Å²) in [5, 5.41) is 3.12. The molecule has 2 aromatic carbocycles. The van der Waals surface area contributed by atoms with Crippen LogP contribution < -0.4 is 10.1 Å². The van der Waals surface area contributed by atoms with Gasteiger partial charge in [-0.2, -0.15) is 0 Å². The van der Waals surface area contributed by atoms with Gasteiger partial charge < -0.3 is 10.1 Å². The summed E-state index contributed by atoms with van der Waals surface area (Å²) in [5.41, 5.74) is 1.44. The fourth-order valence-corrected chi connectivity index (χ4v) is 2.78. The third kappa shape index (κ3) is 4.45. The molecule has 0 heterocycles. The van der Waals surface area contributed by atoms with E-state index in [0.29, 0.717) is 23.3 Å². The molecule has 0 aliphatic heterocycles. The first-order valence-corrected chi connectivity index (χ1v) is 8.29. The van der Waals surface area contributed by atoms with Gasteiger partial charge in [0.1, 0.15) is 11.6 Å². The fraction of sp³-hybridized carbons (Fsp3) is 0.250. The van der Waals surface area contributed by atoms with Crippen LogP contribution in [0.25, 0.3) is 0 Å². The molecule has 1 N–H and O–H groups in total. The zero-order chi connectivity index (χ0) is 15.2. The van der Waals surface area contributed by atoms with Crippen LogP contribution in [0.3, 0.4) is 0 Å². The summed E-state index contributed by atoms with van der Waals surface area (Å²) in [6, 6.07) is 10.7. The molecule has 21 heavy (non-hydrogen) atoms. The fourth-order valence-electron chi connectivity index (χ4n) is 1.89. The lowest BCUT2D eigenvalue weighted by atomic mass is 10.2. The Morgan fingerprint density at radius 1 is 1.19 bits per heavy atom. The predicted molar refractivity (Wildman–Crippen MR) is 91.4 cm³/mol. The van der Waals surface area contributed by atoms with Crippen LogP contribution in [0, 0.1) is 5.82 Å². The first-order valence-electron chi connectivity index (χ1n) is 6.71. The number of hydrogen-bond donors (Lipinski definition) is 1. The van der Waals surface area contributed by atoms with Crippen molar-refractivity contribution in [1.82, 2.24) is 0 Å². The number of halogens is 3. The van der Waals surface area contributed by atoms with Gasteiger partial charge in [-0.05, 0) is 52.7 Å². The van der Waals surface area contributed by atoms with Gasteiger partial charge in [0.25, 0.3) is 0 Å². The van der Waals surface area contributed by atoms with Crippen molar-refractivity contribution in [1.29, 1.82) is 0 Å². The average molecular weight is 417 g/mol. The molecule has 0 unspecified atom stereocenters. The highest BCUT2D eigenvalue weighted by molar-refractivity contribution is 9.10. The van der Waals surface area contributed by atoms with Crippen LogP contribution in [0.5, 0.6) is 5.75 Å². The zero-order valence-corrected chi connectivity index (χ0v) is 14.8. The third-order valence-electron chi connectivity index (χ3n) is 2.90. The van der Waals surface area contributed by atoms with E-state index in [-0.39, 0.29) is 5.82 Å². The van der Waals surface area contributed by atoms with Gasteiger partial charge in [0.15, 0.2) is 0 Å². The molecule has 0 spiro atoms. The second-order valence-corrected chi connectivity index (χ2v) is 6.32. The largest absolute Gasteiger partial charge is 0.493 e. The van der Waals surface area contributed by atoms with E-state index in [9.17, 15) is 4.39 Å². The van der Waals surface area contributed by atoms with Crippen LogP contribution in [0.1, 0.15) is 18.9 Å². The average Bonchev–Trinajstić information content (AvgIpc) is 2.46. The molecule has 0 amide bonds. The summed E-state index contributed by atoms with van der Waals surface area (Å²) in [5.74, 6) is 0.537. The molecule has 0 saturated heterocycles. The van der Waals surface area contributed by atoms with Gasteiger partial charge in [-0.15, -0.1) is 0 Å². The Morgan fingerprint density at radius 3 is 2.71 bits per heavy atom. The minimum atomic E-state index is -0.282. The molecule has 0 bridgehead atoms. The number of para-hydroxylation sites is 1. The molecule has 5 heteroatoms. The molecule has 0 aromatic heterocycles. The van der Waals surface area contributed by atoms with E-state index in [1.54, 1.807) is 12.1 Å². The number of benzene rings is 2. The third-order valence-corrected chi connectivity index (χ3v) is 4.06. The lowest BCUT2D eigenvalue weighted by Crippen LogP contribution is -2.05. The van der Waals surface area contributed by atoms with Crippen molar-refractivity contribution in [3.63, 3.8) is 0 Å². The summed E-state index contributed by atoms with van der Waals surface area (Å²) >= 11 is 6.81. The van der Waals surface area contributed by atoms with Crippen molar-refractivity contribution >= 4 is 37.5 Å². The molecule has 0 fully saturated rings. The van der Waals surface area contributed by atoms with E-state index in [0.717, 1.165) is 22.2 Å². The van der Waals surface area contributed by atoms with E-state index in [2.05, 4.69) is 44.1 Å². The normalized spacial score (nSPS) is 10.5. The Kier molecular flexibility index (Phi) is 6.06. The molecule has 2 nitrogen and oxygen atoms in total. The number of rotatable bonds is 6. The maximum absolute atomic E-state index is 13.8. The molecular weight excluding hydrogens is 401 g/mol. The maximum atomic E-state index is 13.8. The molecule has 0 aliphatic rings. The van der Waals surface area contributed by atoms with Gasteiger partial charge in [0, 0.05) is 21.1 Å². The molecule has 0 atom stereocenters. The first-order chi connectivity index (χ1) is 10.1. The lowest BCUT2D eigenvalue weighted by molar-refractivity contribution is 0.314. The molecule has 112 valence electrons. The Morgan fingerprint density at radius 2 is 2.00 bits per heavy atom. The summed E-state index contributed by atoms with van der Waals surface area (Å²) in [4.78, 5) is 0. The van der Waals surface area contributed by atoms with Gasteiger partial charge in [-0.25, -0.2) is 4.39 Å². The summed E-state index contributed by atoms with van der Waals surface area (Å²) in [6.07, 6.45) is 0.946. The second-order valence-electron chi connectivity index (χ2n) is 4.55. The summed E-state index contributed by atoms with van der Waals surface area (Å²) in [7, 11) is 0. The summed E-state index contributed by atoms with van der Waals surface area (Å²) in [6.45, 7) is 3.21. The van der Waals surface area contributed by atoms with Gasteiger partial charge in [-0.1, -0.05) is 28.9 Å². The van der Waals surface area contributed by atoms with Crippen molar-refractivity contribution < 1.29 is 9.13 Å². The predicted octanol–water partition coefficient (Wildman–Crippen LogP) is 5.75. The Hall–Kier alpha value is -1.07. The molecule has 0 radical (unpaired) electrons. The summed E-state index contributed by atoms with van der Waals surface area (Å²) < 4.78 is 21.2. The standard InChI is InChI=1S/C16H16Br2FNO/c1-2-8-21-15-7-6-12(17)9-11(15)10-20-16-13(18)4-3-5-14(16)19/h3-7,9,20H,2,8,10H2,1H3. The highest BCUT2D eigenvalue weighted by Gasteiger charge is 2.09. The molecule has 0 saturated carbocycles. The van der Waals surface area contributed by atoms with E-state index >= 15 is 0 Å². The van der Waals surface area contributed by atoms with Crippen LogP contribution in [0.4, 0.5) is 10.1 Å². The Labute approximate surface area is 141 Å². The highest BCUT2D eigenvalue weighted by atomic mass is 79.9. The smallest absolute Gasteiger partial charge is 0.147 e. The van der Waals surface area contributed by atoms with E-state index in [4.69, 9.17) is 4.74 Å². The number of ether oxygens (including phenoxy) is 1. The second kappa shape index (κ2) is 7.80. The quantitative estimate of drug-likeness (QED) is 0.647. The van der Waals surface area contributed by atoms with Crippen molar-refractivity contribution in [2.24, 2.45) is 0 Å². The lowest BCUT2D eigenvalue weighted by Gasteiger charge is -2.14. The van der Waals surface area contributed by atoms with Crippen molar-refractivity contribution in [3.05, 3.63) is 56.7 Å². The Balaban J connectivity index is 2.17. The van der Waals surface area contributed by atoms with Crippen LogP contribution in [-0.4, -0.2) is 6.61 Å². The van der Waals surface area contributed by atoms with Crippen molar-refractivity contribution in [2.75, 3.05) is 11.9 Å². The van der Waals surface area contributed by atoms with Crippen LogP contribution in [0.2, 0.25) is 0 Å². The number of anilines is 1. The first kappa shape index (κ1) is 16.3. The zero-order valence-electron chi connectivity index (χ0n) is 11.6. The van der Waals surface area contributed by atoms with Crippen LogP contribution in [0.15, 0.2) is 45.3 Å².